The van der Waals surface area contributed by atoms with Gasteiger partial charge in [-0.25, -0.2) is 4.79 Å². The maximum atomic E-state index is 10.2. The lowest BCUT2D eigenvalue weighted by Gasteiger charge is -1.95. The molecule has 0 spiro atoms. The summed E-state index contributed by atoms with van der Waals surface area (Å²) in [5.41, 5.74) is 4.90. The van der Waals surface area contributed by atoms with Crippen molar-refractivity contribution < 1.29 is 4.79 Å². The Bertz CT molecular complexity index is 124. The molecule has 3 heteroatoms. The fourth-order valence-electron chi connectivity index (χ4n) is 1.06. The Balaban J connectivity index is 2.12. The third kappa shape index (κ3) is 1.59. The van der Waals surface area contributed by atoms with Crippen molar-refractivity contribution in [3.8, 4) is 0 Å². The van der Waals surface area contributed by atoms with Crippen LogP contribution in [0.15, 0.2) is 0 Å². The highest BCUT2D eigenvalue weighted by molar-refractivity contribution is 5.72. The Morgan fingerprint density at radius 3 is 2.89 bits per heavy atom. The molecule has 0 heterocycles. The van der Waals surface area contributed by atoms with Crippen molar-refractivity contribution >= 4 is 6.03 Å². The largest absolute Gasteiger partial charge is 0.352 e. The molecule has 1 aliphatic carbocycles. The lowest BCUT2D eigenvalue weighted by Crippen LogP contribution is -2.31. The van der Waals surface area contributed by atoms with Gasteiger partial charge >= 0.3 is 6.03 Å². The van der Waals surface area contributed by atoms with E-state index in [4.69, 9.17) is 5.73 Å². The number of hydrogen-bond donors (Lipinski definition) is 2. The number of urea groups is 1. The van der Waals surface area contributed by atoms with E-state index in [1.165, 1.54) is 0 Å². The number of nitrogens with one attached hydrogen (secondary N) is 1. The van der Waals surface area contributed by atoms with Crippen LogP contribution >= 0.6 is 0 Å². The number of amides is 2. The van der Waals surface area contributed by atoms with Crippen molar-refractivity contribution in [2.24, 2.45) is 11.7 Å². The fraction of sp³-hybridized carbons (Fsp3) is 0.833. The summed E-state index contributed by atoms with van der Waals surface area (Å²) in [5, 5.41) is 2.66. The smallest absolute Gasteiger partial charge is 0.312 e. The van der Waals surface area contributed by atoms with Crippen molar-refractivity contribution in [3.63, 3.8) is 0 Å². The van der Waals surface area contributed by atoms with Gasteiger partial charge in [0.15, 0.2) is 0 Å². The molecule has 0 aromatic carbocycles. The molecule has 2 atom stereocenters. The van der Waals surface area contributed by atoms with E-state index in [0.717, 1.165) is 12.8 Å². The van der Waals surface area contributed by atoms with Gasteiger partial charge in [0.2, 0.25) is 0 Å². The van der Waals surface area contributed by atoms with E-state index in [0.29, 0.717) is 12.0 Å². The first-order valence-corrected chi connectivity index (χ1v) is 3.30. The lowest BCUT2D eigenvalue weighted by molar-refractivity contribution is 0.248. The number of carbonyl (C=O) groups is 1. The minimum atomic E-state index is -0.393. The summed E-state index contributed by atoms with van der Waals surface area (Å²) in [6, 6.07) is -0.0107. The summed E-state index contributed by atoms with van der Waals surface area (Å²) in [4.78, 5) is 10.2. The molecule has 1 rings (SSSR count). The highest BCUT2D eigenvalue weighted by atomic mass is 16.2. The van der Waals surface area contributed by atoms with Gasteiger partial charge in [-0.3, -0.25) is 0 Å². The molecular formula is C6H12N2O. The molecule has 0 bridgehead atoms. The molecule has 1 fully saturated rings. The van der Waals surface area contributed by atoms with Gasteiger partial charge in [0, 0.05) is 6.04 Å². The zero-order chi connectivity index (χ0) is 6.85. The van der Waals surface area contributed by atoms with Crippen LogP contribution in [0.5, 0.6) is 0 Å². The summed E-state index contributed by atoms with van der Waals surface area (Å²) in [6.07, 6.45) is 2.25. The second-order valence-electron chi connectivity index (χ2n) is 2.52. The van der Waals surface area contributed by atoms with E-state index in [2.05, 4.69) is 12.2 Å². The van der Waals surface area contributed by atoms with Gasteiger partial charge in [-0.15, -0.1) is 0 Å². The van der Waals surface area contributed by atoms with Crippen LogP contribution < -0.4 is 11.1 Å². The van der Waals surface area contributed by atoms with Crippen LogP contribution in [0.4, 0.5) is 4.79 Å². The average Bonchev–Trinajstić information content (AvgIpc) is 2.45. The van der Waals surface area contributed by atoms with Crippen LogP contribution in [0.25, 0.3) is 0 Å². The maximum absolute atomic E-state index is 10.2. The number of carbonyl (C=O) groups excluding carboxylic acids is 1. The first-order chi connectivity index (χ1) is 4.24. The number of primary amides is 1. The van der Waals surface area contributed by atoms with Gasteiger partial charge in [0.05, 0.1) is 0 Å². The van der Waals surface area contributed by atoms with Crippen LogP contribution in [-0.2, 0) is 0 Å². The molecule has 0 aromatic rings. The molecule has 2 unspecified atom stereocenters. The summed E-state index contributed by atoms with van der Waals surface area (Å²) >= 11 is 0. The molecule has 0 radical (unpaired) electrons. The van der Waals surface area contributed by atoms with E-state index in [1.807, 2.05) is 0 Å². The monoisotopic (exact) mass is 128 g/mol. The van der Waals surface area contributed by atoms with Crippen LogP contribution in [0.2, 0.25) is 0 Å². The minimum absolute atomic E-state index is 0.382. The average molecular weight is 128 g/mol. The standard InChI is InChI=1S/C6H12N2O/c1-2-4-3-5(4)8-6(7)9/h4-5H,2-3H2,1H3,(H3,7,8,9). The molecule has 3 N–H and O–H groups in total. The first-order valence-electron chi connectivity index (χ1n) is 3.30. The Hall–Kier alpha value is -0.730. The van der Waals surface area contributed by atoms with Gasteiger partial charge in [0.1, 0.15) is 0 Å². The van der Waals surface area contributed by atoms with Crippen molar-refractivity contribution in [2.45, 2.75) is 25.8 Å². The Kier molecular flexibility index (Phi) is 1.60. The molecule has 3 nitrogen and oxygen atoms in total. The number of rotatable bonds is 2. The SMILES string of the molecule is CCC1CC1NC(N)=O. The fourth-order valence-corrected chi connectivity index (χ4v) is 1.06. The highest BCUT2D eigenvalue weighted by Gasteiger charge is 2.35. The Morgan fingerprint density at radius 1 is 1.89 bits per heavy atom. The topological polar surface area (TPSA) is 55.1 Å². The number of nitrogens with two attached hydrogens (primary N) is 1. The van der Waals surface area contributed by atoms with Gasteiger partial charge in [0.25, 0.3) is 0 Å². The molecule has 52 valence electrons. The van der Waals surface area contributed by atoms with Crippen LogP contribution in [0, 0.1) is 5.92 Å². The zero-order valence-electron chi connectivity index (χ0n) is 5.55. The third-order valence-electron chi connectivity index (χ3n) is 1.77. The molecule has 2 amide bonds. The summed E-state index contributed by atoms with van der Waals surface area (Å²) in [5.74, 6) is 0.692. The highest BCUT2D eigenvalue weighted by Crippen LogP contribution is 2.32. The second-order valence-corrected chi connectivity index (χ2v) is 2.52. The van der Waals surface area contributed by atoms with Crippen LogP contribution in [0.1, 0.15) is 19.8 Å². The minimum Gasteiger partial charge on any atom is -0.352 e. The lowest BCUT2D eigenvalue weighted by atomic mass is 10.3. The van der Waals surface area contributed by atoms with Crippen LogP contribution in [-0.4, -0.2) is 12.1 Å². The van der Waals surface area contributed by atoms with Crippen molar-refractivity contribution in [1.82, 2.24) is 5.32 Å². The van der Waals surface area contributed by atoms with E-state index in [9.17, 15) is 4.79 Å². The Labute approximate surface area is 54.6 Å². The molecule has 9 heavy (non-hydrogen) atoms. The van der Waals surface area contributed by atoms with E-state index >= 15 is 0 Å². The second kappa shape index (κ2) is 2.25. The normalized spacial score (nSPS) is 31.7. The van der Waals surface area contributed by atoms with E-state index in [1.54, 1.807) is 0 Å². The summed E-state index contributed by atoms with van der Waals surface area (Å²) in [7, 11) is 0. The predicted octanol–water partition coefficient (Wildman–Crippen LogP) is 0.453. The van der Waals surface area contributed by atoms with Gasteiger partial charge < -0.3 is 11.1 Å². The molecule has 0 saturated heterocycles. The van der Waals surface area contributed by atoms with Crippen molar-refractivity contribution in [3.05, 3.63) is 0 Å². The molecule has 1 saturated carbocycles. The molecule has 1 aliphatic rings. The summed E-state index contributed by atoms with van der Waals surface area (Å²) in [6.45, 7) is 2.12. The predicted molar refractivity (Wildman–Crippen MR) is 34.9 cm³/mol. The van der Waals surface area contributed by atoms with Crippen LogP contribution in [0.3, 0.4) is 0 Å². The number of hydrogen-bond acceptors (Lipinski definition) is 1. The van der Waals surface area contributed by atoms with E-state index in [-0.39, 0.29) is 0 Å². The van der Waals surface area contributed by atoms with E-state index < -0.39 is 6.03 Å². The quantitative estimate of drug-likeness (QED) is 0.557. The molecule has 0 aliphatic heterocycles. The molecular weight excluding hydrogens is 116 g/mol. The van der Waals surface area contributed by atoms with Crippen molar-refractivity contribution in [1.29, 1.82) is 0 Å². The summed E-state index contributed by atoms with van der Waals surface area (Å²) < 4.78 is 0. The maximum Gasteiger partial charge on any atom is 0.312 e. The van der Waals surface area contributed by atoms with Gasteiger partial charge in [-0.05, 0) is 12.3 Å². The zero-order valence-corrected chi connectivity index (χ0v) is 5.55. The van der Waals surface area contributed by atoms with Gasteiger partial charge in [-0.1, -0.05) is 13.3 Å². The first kappa shape index (κ1) is 6.39. The van der Waals surface area contributed by atoms with Crippen molar-refractivity contribution in [2.75, 3.05) is 0 Å². The Morgan fingerprint density at radius 2 is 2.56 bits per heavy atom. The molecule has 0 aromatic heterocycles. The third-order valence-corrected chi connectivity index (χ3v) is 1.77. The van der Waals surface area contributed by atoms with Gasteiger partial charge in [-0.2, -0.15) is 0 Å².